The van der Waals surface area contributed by atoms with Crippen LogP contribution in [0.4, 0.5) is 0 Å². The van der Waals surface area contributed by atoms with Gasteiger partial charge in [-0.2, -0.15) is 0 Å². The molecule has 1 aliphatic rings. The third-order valence-electron chi connectivity index (χ3n) is 4.06. The molecule has 0 aromatic carbocycles. The molecular formula is C15H30N2. The predicted molar refractivity (Wildman–Crippen MR) is 76.8 cm³/mol. The normalized spacial score (nSPS) is 22.6. The average molecular weight is 238 g/mol. The quantitative estimate of drug-likeness (QED) is 0.721. The molecule has 17 heavy (non-hydrogen) atoms. The lowest BCUT2D eigenvalue weighted by atomic mass is 9.86. The van der Waals surface area contributed by atoms with Gasteiger partial charge in [-0.05, 0) is 63.5 Å². The highest BCUT2D eigenvalue weighted by Crippen LogP contribution is 2.23. The Kier molecular flexibility index (Phi) is 6.79. The Morgan fingerprint density at radius 1 is 1.35 bits per heavy atom. The van der Waals surface area contributed by atoms with Crippen LogP contribution in [0.1, 0.15) is 52.9 Å². The molecule has 0 saturated carbocycles. The molecule has 1 aliphatic heterocycles. The first kappa shape index (κ1) is 14.7. The van der Waals surface area contributed by atoms with Gasteiger partial charge in [0.05, 0.1) is 0 Å². The van der Waals surface area contributed by atoms with Crippen LogP contribution >= 0.6 is 0 Å². The molecule has 0 radical (unpaired) electrons. The second-order valence-electron chi connectivity index (χ2n) is 5.99. The molecule has 0 aromatic heterocycles. The third kappa shape index (κ3) is 5.67. The van der Waals surface area contributed by atoms with Crippen LogP contribution in [-0.2, 0) is 0 Å². The standard InChI is InChI=1S/C15H30N2/c1-12(2)14(9-10-16-4)6-8-15-7-5-13(3)11-17-15/h12-14,16H,5-11H2,1-4H3/t13-,14?/m0/s1. The molecule has 2 heteroatoms. The van der Waals surface area contributed by atoms with E-state index in [1.165, 1.54) is 37.8 Å². The Morgan fingerprint density at radius 3 is 2.65 bits per heavy atom. The minimum atomic E-state index is 0.798. The molecule has 100 valence electrons. The van der Waals surface area contributed by atoms with Gasteiger partial charge in [-0.25, -0.2) is 0 Å². The highest BCUT2D eigenvalue weighted by molar-refractivity contribution is 5.84. The first-order chi connectivity index (χ1) is 8.13. The summed E-state index contributed by atoms with van der Waals surface area (Å²) in [5.41, 5.74) is 1.48. The minimum Gasteiger partial charge on any atom is -0.320 e. The van der Waals surface area contributed by atoms with Gasteiger partial charge in [0.2, 0.25) is 0 Å². The van der Waals surface area contributed by atoms with Gasteiger partial charge in [-0.1, -0.05) is 20.8 Å². The summed E-state index contributed by atoms with van der Waals surface area (Å²) in [6.45, 7) is 9.23. The lowest BCUT2D eigenvalue weighted by Gasteiger charge is -2.23. The molecule has 1 rings (SSSR count). The molecule has 2 atom stereocenters. The number of hydrogen-bond acceptors (Lipinski definition) is 2. The van der Waals surface area contributed by atoms with Gasteiger partial charge < -0.3 is 5.32 Å². The third-order valence-corrected chi connectivity index (χ3v) is 4.06. The summed E-state index contributed by atoms with van der Waals surface area (Å²) in [6, 6.07) is 0. The van der Waals surface area contributed by atoms with Crippen LogP contribution in [0.25, 0.3) is 0 Å². The Balaban J connectivity index is 2.30. The van der Waals surface area contributed by atoms with Gasteiger partial charge in [0.15, 0.2) is 0 Å². The smallest absolute Gasteiger partial charge is 0.0414 e. The maximum absolute atomic E-state index is 4.72. The molecule has 1 N–H and O–H groups in total. The van der Waals surface area contributed by atoms with Crippen molar-refractivity contribution in [1.29, 1.82) is 0 Å². The fourth-order valence-electron chi connectivity index (χ4n) is 2.57. The molecule has 0 spiro atoms. The Hall–Kier alpha value is -0.370. The fourth-order valence-corrected chi connectivity index (χ4v) is 2.57. The molecule has 0 saturated heterocycles. The largest absolute Gasteiger partial charge is 0.320 e. The van der Waals surface area contributed by atoms with E-state index in [0.29, 0.717) is 0 Å². The van der Waals surface area contributed by atoms with E-state index < -0.39 is 0 Å². The van der Waals surface area contributed by atoms with Crippen molar-refractivity contribution < 1.29 is 0 Å². The monoisotopic (exact) mass is 238 g/mol. The SMILES string of the molecule is CNCCC(CCC1=NC[C@@H](C)CC1)C(C)C. The molecule has 1 unspecified atom stereocenters. The number of nitrogens with zero attached hydrogens (tertiary/aromatic N) is 1. The number of nitrogens with one attached hydrogen (secondary N) is 1. The number of rotatable bonds is 7. The van der Waals surface area contributed by atoms with E-state index >= 15 is 0 Å². The van der Waals surface area contributed by atoms with Gasteiger partial charge in [0, 0.05) is 12.3 Å². The van der Waals surface area contributed by atoms with Gasteiger partial charge in [0.25, 0.3) is 0 Å². The summed E-state index contributed by atoms with van der Waals surface area (Å²) in [5, 5.41) is 3.27. The summed E-state index contributed by atoms with van der Waals surface area (Å²) in [4.78, 5) is 4.72. The van der Waals surface area contributed by atoms with E-state index in [1.807, 2.05) is 7.05 Å². The molecule has 0 amide bonds. The maximum Gasteiger partial charge on any atom is 0.0414 e. The Morgan fingerprint density at radius 2 is 2.12 bits per heavy atom. The lowest BCUT2D eigenvalue weighted by Crippen LogP contribution is -2.19. The lowest BCUT2D eigenvalue weighted by molar-refractivity contribution is 0.338. The summed E-state index contributed by atoms with van der Waals surface area (Å²) in [7, 11) is 2.05. The van der Waals surface area contributed by atoms with E-state index in [2.05, 4.69) is 26.1 Å². The number of hydrogen-bond donors (Lipinski definition) is 1. The molecule has 0 bridgehead atoms. The second kappa shape index (κ2) is 7.86. The molecule has 0 aliphatic carbocycles. The predicted octanol–water partition coefficient (Wildman–Crippen LogP) is 3.52. The molecule has 2 nitrogen and oxygen atoms in total. The van der Waals surface area contributed by atoms with Crippen LogP contribution in [0.5, 0.6) is 0 Å². The van der Waals surface area contributed by atoms with Crippen molar-refractivity contribution in [3.05, 3.63) is 0 Å². The van der Waals surface area contributed by atoms with Crippen molar-refractivity contribution in [2.45, 2.75) is 52.9 Å². The van der Waals surface area contributed by atoms with Crippen LogP contribution in [0.2, 0.25) is 0 Å². The average Bonchev–Trinajstić information content (AvgIpc) is 2.31. The zero-order valence-electron chi connectivity index (χ0n) is 12.1. The van der Waals surface area contributed by atoms with Crippen molar-refractivity contribution in [3.63, 3.8) is 0 Å². The molecular weight excluding hydrogens is 208 g/mol. The summed E-state index contributed by atoms with van der Waals surface area (Å²) in [5.74, 6) is 2.46. The maximum atomic E-state index is 4.72. The summed E-state index contributed by atoms with van der Waals surface area (Å²) < 4.78 is 0. The topological polar surface area (TPSA) is 24.4 Å². The fraction of sp³-hybridized carbons (Fsp3) is 0.933. The minimum absolute atomic E-state index is 0.798. The van der Waals surface area contributed by atoms with Crippen molar-refractivity contribution in [1.82, 2.24) is 5.32 Å². The first-order valence-corrected chi connectivity index (χ1v) is 7.30. The van der Waals surface area contributed by atoms with Crippen LogP contribution in [0.15, 0.2) is 4.99 Å². The van der Waals surface area contributed by atoms with Crippen LogP contribution in [-0.4, -0.2) is 25.8 Å². The molecule has 0 fully saturated rings. The highest BCUT2D eigenvalue weighted by Gasteiger charge is 2.16. The second-order valence-corrected chi connectivity index (χ2v) is 5.99. The van der Waals surface area contributed by atoms with Crippen LogP contribution in [0, 0.1) is 17.8 Å². The zero-order valence-corrected chi connectivity index (χ0v) is 12.1. The zero-order chi connectivity index (χ0) is 12.7. The Labute approximate surface area is 107 Å². The Bertz CT molecular complexity index is 233. The van der Waals surface area contributed by atoms with Crippen LogP contribution < -0.4 is 5.32 Å². The van der Waals surface area contributed by atoms with Crippen molar-refractivity contribution in [2.24, 2.45) is 22.7 Å². The van der Waals surface area contributed by atoms with E-state index in [0.717, 1.165) is 30.8 Å². The molecule has 0 aromatic rings. The van der Waals surface area contributed by atoms with Gasteiger partial charge in [-0.3, -0.25) is 4.99 Å². The van der Waals surface area contributed by atoms with E-state index in [-0.39, 0.29) is 0 Å². The van der Waals surface area contributed by atoms with Gasteiger partial charge in [0.1, 0.15) is 0 Å². The van der Waals surface area contributed by atoms with Gasteiger partial charge in [-0.15, -0.1) is 0 Å². The molecule has 1 heterocycles. The van der Waals surface area contributed by atoms with E-state index in [9.17, 15) is 0 Å². The van der Waals surface area contributed by atoms with Gasteiger partial charge >= 0.3 is 0 Å². The number of aliphatic imine (C=N–C) groups is 1. The van der Waals surface area contributed by atoms with Crippen molar-refractivity contribution in [2.75, 3.05) is 20.1 Å². The highest BCUT2D eigenvalue weighted by atomic mass is 14.8. The van der Waals surface area contributed by atoms with E-state index in [4.69, 9.17) is 4.99 Å². The summed E-state index contributed by atoms with van der Waals surface area (Å²) >= 11 is 0. The van der Waals surface area contributed by atoms with Crippen LogP contribution in [0.3, 0.4) is 0 Å². The summed E-state index contributed by atoms with van der Waals surface area (Å²) in [6.07, 6.45) is 6.46. The first-order valence-electron chi connectivity index (χ1n) is 7.30. The van der Waals surface area contributed by atoms with Crippen molar-refractivity contribution in [3.8, 4) is 0 Å². The van der Waals surface area contributed by atoms with E-state index in [1.54, 1.807) is 0 Å². The van der Waals surface area contributed by atoms with Crippen molar-refractivity contribution >= 4 is 5.71 Å².